The van der Waals surface area contributed by atoms with Crippen LogP contribution in [-0.4, -0.2) is 38.5 Å². The SMILES string of the molecule is CO[C@H](C)CS(=O)(=O)N[C@H](C)[C@@H](O)c1ccc(F)c(F)c1. The average molecular weight is 323 g/mol. The van der Waals surface area contributed by atoms with E-state index in [0.29, 0.717) is 0 Å². The summed E-state index contributed by atoms with van der Waals surface area (Å²) in [5.41, 5.74) is 0.0869. The lowest BCUT2D eigenvalue weighted by Crippen LogP contribution is -2.40. The molecule has 0 heterocycles. The van der Waals surface area contributed by atoms with Crippen LogP contribution in [-0.2, 0) is 14.8 Å². The van der Waals surface area contributed by atoms with Gasteiger partial charge >= 0.3 is 0 Å². The van der Waals surface area contributed by atoms with Gasteiger partial charge < -0.3 is 9.84 Å². The minimum atomic E-state index is -3.67. The van der Waals surface area contributed by atoms with Crippen molar-refractivity contribution in [1.29, 1.82) is 0 Å². The highest BCUT2D eigenvalue weighted by atomic mass is 32.2. The number of methoxy groups -OCH3 is 1. The maximum atomic E-state index is 13.1. The van der Waals surface area contributed by atoms with E-state index in [-0.39, 0.29) is 11.3 Å². The number of aliphatic hydroxyl groups is 1. The summed E-state index contributed by atoms with van der Waals surface area (Å²) in [6.45, 7) is 3.02. The third kappa shape index (κ3) is 5.31. The van der Waals surface area contributed by atoms with Crippen LogP contribution in [0.3, 0.4) is 0 Å². The first-order valence-corrected chi connectivity index (χ1v) is 7.97. The molecular weight excluding hydrogens is 304 g/mol. The maximum Gasteiger partial charge on any atom is 0.214 e. The van der Waals surface area contributed by atoms with Gasteiger partial charge in [0.15, 0.2) is 11.6 Å². The zero-order chi connectivity index (χ0) is 16.2. The highest BCUT2D eigenvalue weighted by molar-refractivity contribution is 7.89. The summed E-state index contributed by atoms with van der Waals surface area (Å²) in [5.74, 6) is -2.40. The van der Waals surface area contributed by atoms with Gasteiger partial charge in [0.25, 0.3) is 0 Å². The fourth-order valence-corrected chi connectivity index (χ4v) is 3.30. The second kappa shape index (κ2) is 7.26. The van der Waals surface area contributed by atoms with E-state index < -0.39 is 39.9 Å². The van der Waals surface area contributed by atoms with Crippen LogP contribution >= 0.6 is 0 Å². The van der Waals surface area contributed by atoms with Gasteiger partial charge in [-0.1, -0.05) is 6.07 Å². The zero-order valence-corrected chi connectivity index (χ0v) is 12.8. The van der Waals surface area contributed by atoms with Crippen molar-refractivity contribution in [1.82, 2.24) is 4.72 Å². The van der Waals surface area contributed by atoms with Gasteiger partial charge in [-0.15, -0.1) is 0 Å². The molecule has 0 aliphatic carbocycles. The van der Waals surface area contributed by atoms with Gasteiger partial charge in [-0.25, -0.2) is 21.9 Å². The lowest BCUT2D eigenvalue weighted by atomic mass is 10.0. The first-order chi connectivity index (χ1) is 9.66. The highest BCUT2D eigenvalue weighted by Crippen LogP contribution is 2.19. The minimum absolute atomic E-state index is 0.0869. The number of sulfonamides is 1. The first-order valence-electron chi connectivity index (χ1n) is 6.32. The predicted octanol–water partition coefficient (Wildman–Crippen LogP) is 1.34. The Bertz CT molecular complexity index is 580. The van der Waals surface area contributed by atoms with Crippen LogP contribution < -0.4 is 4.72 Å². The Balaban J connectivity index is 2.78. The van der Waals surface area contributed by atoms with E-state index in [1.54, 1.807) is 6.92 Å². The Labute approximate surface area is 123 Å². The van der Waals surface area contributed by atoms with Crippen molar-refractivity contribution < 1.29 is 27.0 Å². The van der Waals surface area contributed by atoms with Gasteiger partial charge in [-0.2, -0.15) is 0 Å². The Morgan fingerprint density at radius 1 is 1.29 bits per heavy atom. The average Bonchev–Trinajstić information content (AvgIpc) is 2.39. The molecule has 0 spiro atoms. The summed E-state index contributed by atoms with van der Waals surface area (Å²) in [4.78, 5) is 0. The van der Waals surface area contributed by atoms with Crippen molar-refractivity contribution >= 4 is 10.0 Å². The molecule has 0 saturated carbocycles. The van der Waals surface area contributed by atoms with E-state index in [1.165, 1.54) is 20.1 Å². The molecule has 3 atom stereocenters. The molecule has 1 aromatic rings. The number of rotatable bonds is 7. The summed E-state index contributed by atoms with van der Waals surface area (Å²) in [5, 5.41) is 10.0. The van der Waals surface area contributed by atoms with Gasteiger partial charge in [0, 0.05) is 13.2 Å². The van der Waals surface area contributed by atoms with Crippen molar-refractivity contribution in [3.05, 3.63) is 35.4 Å². The molecule has 8 heteroatoms. The molecule has 0 radical (unpaired) electrons. The summed E-state index contributed by atoms with van der Waals surface area (Å²) in [7, 11) is -2.28. The van der Waals surface area contributed by atoms with Gasteiger partial charge in [0.05, 0.1) is 18.0 Å². The number of benzene rings is 1. The van der Waals surface area contributed by atoms with Crippen LogP contribution in [0.25, 0.3) is 0 Å². The van der Waals surface area contributed by atoms with Crippen LogP contribution in [0.4, 0.5) is 8.78 Å². The summed E-state index contributed by atoms with van der Waals surface area (Å²) in [6, 6.07) is 2.01. The fraction of sp³-hybridized carbons (Fsp3) is 0.538. The molecule has 2 N–H and O–H groups in total. The molecule has 0 saturated heterocycles. The third-order valence-corrected chi connectivity index (χ3v) is 4.62. The fourth-order valence-electron chi connectivity index (χ4n) is 1.76. The van der Waals surface area contributed by atoms with E-state index in [1.807, 2.05) is 0 Å². The second-order valence-corrected chi connectivity index (χ2v) is 6.65. The van der Waals surface area contributed by atoms with Crippen LogP contribution in [0.15, 0.2) is 18.2 Å². The molecular formula is C13H19F2NO4S. The molecule has 0 amide bonds. The molecule has 0 fully saturated rings. The lowest BCUT2D eigenvalue weighted by Gasteiger charge is -2.21. The van der Waals surface area contributed by atoms with Crippen molar-refractivity contribution in [3.8, 4) is 0 Å². The van der Waals surface area contributed by atoms with Crippen molar-refractivity contribution in [2.24, 2.45) is 0 Å². The Morgan fingerprint density at radius 2 is 1.90 bits per heavy atom. The summed E-state index contributed by atoms with van der Waals surface area (Å²) in [6.07, 6.45) is -1.80. The van der Waals surface area contributed by atoms with E-state index >= 15 is 0 Å². The highest BCUT2D eigenvalue weighted by Gasteiger charge is 2.24. The van der Waals surface area contributed by atoms with Crippen molar-refractivity contribution in [3.63, 3.8) is 0 Å². The molecule has 1 rings (SSSR count). The molecule has 0 bridgehead atoms. The Morgan fingerprint density at radius 3 is 2.43 bits per heavy atom. The van der Waals surface area contributed by atoms with Gasteiger partial charge in [-0.3, -0.25) is 0 Å². The van der Waals surface area contributed by atoms with Crippen LogP contribution in [0.5, 0.6) is 0 Å². The van der Waals surface area contributed by atoms with Gasteiger partial charge in [0.2, 0.25) is 10.0 Å². The summed E-state index contributed by atoms with van der Waals surface area (Å²) >= 11 is 0. The Hall–Kier alpha value is -1.09. The predicted molar refractivity (Wildman–Crippen MR) is 74.2 cm³/mol. The van der Waals surface area contributed by atoms with E-state index in [9.17, 15) is 22.3 Å². The number of halogens is 2. The van der Waals surface area contributed by atoms with Crippen LogP contribution in [0, 0.1) is 11.6 Å². The zero-order valence-electron chi connectivity index (χ0n) is 12.0. The largest absolute Gasteiger partial charge is 0.387 e. The number of nitrogens with one attached hydrogen (secondary N) is 1. The molecule has 0 unspecified atom stereocenters. The monoisotopic (exact) mass is 323 g/mol. The third-order valence-electron chi connectivity index (χ3n) is 2.98. The molecule has 1 aromatic carbocycles. The maximum absolute atomic E-state index is 13.1. The van der Waals surface area contributed by atoms with Crippen molar-refractivity contribution in [2.45, 2.75) is 32.1 Å². The van der Waals surface area contributed by atoms with Gasteiger partial charge in [0.1, 0.15) is 0 Å². The van der Waals surface area contributed by atoms with Gasteiger partial charge in [-0.05, 0) is 31.5 Å². The van der Waals surface area contributed by atoms with E-state index in [4.69, 9.17) is 4.74 Å². The van der Waals surface area contributed by atoms with Crippen LogP contribution in [0.1, 0.15) is 25.5 Å². The summed E-state index contributed by atoms with van der Waals surface area (Å²) < 4.78 is 56.8. The first kappa shape index (κ1) is 18.0. The van der Waals surface area contributed by atoms with Crippen molar-refractivity contribution in [2.75, 3.05) is 12.9 Å². The molecule has 0 aliphatic rings. The van der Waals surface area contributed by atoms with E-state index in [0.717, 1.165) is 12.1 Å². The smallest absolute Gasteiger partial charge is 0.214 e. The molecule has 0 aliphatic heterocycles. The molecule has 5 nitrogen and oxygen atoms in total. The number of hydrogen-bond donors (Lipinski definition) is 2. The standard InChI is InChI=1S/C13H19F2NO4S/c1-8(20-3)7-21(18,19)16-9(2)13(17)10-4-5-11(14)12(15)6-10/h4-6,8-9,13,16-17H,7H2,1-3H3/t8-,9-,13-/m1/s1. The van der Waals surface area contributed by atoms with E-state index in [2.05, 4.69) is 4.72 Å². The number of ether oxygens (including phenoxy) is 1. The molecule has 21 heavy (non-hydrogen) atoms. The number of aliphatic hydroxyl groups excluding tert-OH is 1. The van der Waals surface area contributed by atoms with Crippen LogP contribution in [0.2, 0.25) is 0 Å². The lowest BCUT2D eigenvalue weighted by molar-refractivity contribution is 0.133. The topological polar surface area (TPSA) is 75.6 Å². The minimum Gasteiger partial charge on any atom is -0.387 e. The molecule has 120 valence electrons. The number of hydrogen-bond acceptors (Lipinski definition) is 4. The normalized spacial score (nSPS) is 16.5. The Kier molecular flexibility index (Phi) is 6.21. The molecule has 0 aromatic heterocycles. The second-order valence-electron chi connectivity index (χ2n) is 4.85. The quantitative estimate of drug-likeness (QED) is 0.794.